The molecule has 0 atom stereocenters. The fourth-order valence-electron chi connectivity index (χ4n) is 1.26. The van der Waals surface area contributed by atoms with E-state index in [9.17, 15) is 0 Å². The third-order valence-electron chi connectivity index (χ3n) is 1.94. The summed E-state index contributed by atoms with van der Waals surface area (Å²) in [5, 5.41) is 4.12. The van der Waals surface area contributed by atoms with Crippen LogP contribution in [0.1, 0.15) is 26.3 Å². The second-order valence-corrected chi connectivity index (χ2v) is 5.61. The number of rotatable bonds is 3. The molecule has 0 aliphatic heterocycles. The van der Waals surface area contributed by atoms with Crippen molar-refractivity contribution in [3.8, 4) is 0 Å². The fourth-order valence-corrected chi connectivity index (χ4v) is 1.70. The highest BCUT2D eigenvalue weighted by Gasteiger charge is 2.09. The van der Waals surface area contributed by atoms with Crippen molar-refractivity contribution in [2.24, 2.45) is 10.7 Å². The SMILES string of the molecule is CSc1cc(CN=C(N)NC(C)(C)C)ccn1. The molecule has 1 aromatic heterocycles. The van der Waals surface area contributed by atoms with Crippen molar-refractivity contribution in [3.05, 3.63) is 23.9 Å². The number of thioether (sulfide) groups is 1. The smallest absolute Gasteiger partial charge is 0.189 e. The largest absolute Gasteiger partial charge is 0.370 e. The van der Waals surface area contributed by atoms with Crippen molar-refractivity contribution in [2.75, 3.05) is 6.26 Å². The summed E-state index contributed by atoms with van der Waals surface area (Å²) < 4.78 is 0. The predicted molar refractivity (Wildman–Crippen MR) is 74.2 cm³/mol. The van der Waals surface area contributed by atoms with E-state index in [1.165, 1.54) is 0 Å². The molecule has 0 aliphatic rings. The minimum atomic E-state index is -0.0593. The van der Waals surface area contributed by atoms with Crippen LogP contribution >= 0.6 is 11.8 Å². The lowest BCUT2D eigenvalue weighted by molar-refractivity contribution is 0.508. The van der Waals surface area contributed by atoms with E-state index in [2.05, 4.69) is 15.3 Å². The first kappa shape index (κ1) is 13.8. The molecule has 4 nitrogen and oxygen atoms in total. The second kappa shape index (κ2) is 5.91. The summed E-state index contributed by atoms with van der Waals surface area (Å²) in [5.41, 5.74) is 6.85. The molecular formula is C12H20N4S. The molecule has 1 rings (SSSR count). The van der Waals surface area contributed by atoms with Gasteiger partial charge in [0.1, 0.15) is 0 Å². The topological polar surface area (TPSA) is 63.3 Å². The van der Waals surface area contributed by atoms with Crippen molar-refractivity contribution in [2.45, 2.75) is 37.9 Å². The summed E-state index contributed by atoms with van der Waals surface area (Å²) in [5.74, 6) is 0.472. The summed E-state index contributed by atoms with van der Waals surface area (Å²) in [6, 6.07) is 3.98. The lowest BCUT2D eigenvalue weighted by Crippen LogP contribution is -2.44. The van der Waals surface area contributed by atoms with E-state index in [-0.39, 0.29) is 5.54 Å². The van der Waals surface area contributed by atoms with Gasteiger partial charge in [-0.05, 0) is 44.7 Å². The van der Waals surface area contributed by atoms with E-state index in [1.54, 1.807) is 18.0 Å². The Kier molecular flexibility index (Phi) is 4.81. The summed E-state index contributed by atoms with van der Waals surface area (Å²) in [6.45, 7) is 6.72. The lowest BCUT2D eigenvalue weighted by atomic mass is 10.1. The molecule has 17 heavy (non-hydrogen) atoms. The zero-order valence-electron chi connectivity index (χ0n) is 10.8. The number of aliphatic imine (C=N–C) groups is 1. The number of hydrogen-bond acceptors (Lipinski definition) is 3. The Morgan fingerprint density at radius 3 is 2.82 bits per heavy atom. The minimum Gasteiger partial charge on any atom is -0.370 e. The molecule has 0 unspecified atom stereocenters. The lowest BCUT2D eigenvalue weighted by Gasteiger charge is -2.20. The first-order valence-corrected chi connectivity index (χ1v) is 6.70. The summed E-state index contributed by atoms with van der Waals surface area (Å²) in [6.07, 6.45) is 3.80. The normalized spacial score (nSPS) is 12.6. The Morgan fingerprint density at radius 2 is 2.24 bits per heavy atom. The number of nitrogens with two attached hydrogens (primary N) is 1. The molecule has 94 valence electrons. The van der Waals surface area contributed by atoms with Crippen LogP contribution in [0.3, 0.4) is 0 Å². The molecule has 0 saturated carbocycles. The maximum Gasteiger partial charge on any atom is 0.189 e. The van der Waals surface area contributed by atoms with Gasteiger partial charge in [0.05, 0.1) is 11.6 Å². The Bertz CT molecular complexity index is 396. The quantitative estimate of drug-likeness (QED) is 0.491. The van der Waals surface area contributed by atoms with Gasteiger partial charge in [-0.2, -0.15) is 0 Å². The summed E-state index contributed by atoms with van der Waals surface area (Å²) in [7, 11) is 0. The Labute approximate surface area is 107 Å². The molecule has 0 saturated heterocycles. The highest BCUT2D eigenvalue weighted by molar-refractivity contribution is 7.98. The van der Waals surface area contributed by atoms with Crippen molar-refractivity contribution >= 4 is 17.7 Å². The van der Waals surface area contributed by atoms with E-state index >= 15 is 0 Å². The van der Waals surface area contributed by atoms with Crippen LogP contribution in [0, 0.1) is 0 Å². The molecule has 0 spiro atoms. The van der Waals surface area contributed by atoms with Crippen molar-refractivity contribution in [3.63, 3.8) is 0 Å². The number of nitrogens with one attached hydrogen (secondary N) is 1. The van der Waals surface area contributed by atoms with Crippen molar-refractivity contribution in [1.29, 1.82) is 0 Å². The molecule has 0 radical (unpaired) electrons. The third-order valence-corrected chi connectivity index (χ3v) is 2.58. The number of hydrogen-bond donors (Lipinski definition) is 2. The minimum absolute atomic E-state index is 0.0593. The van der Waals surface area contributed by atoms with Gasteiger partial charge in [0.15, 0.2) is 5.96 Å². The maximum atomic E-state index is 5.80. The number of nitrogens with zero attached hydrogens (tertiary/aromatic N) is 2. The third kappa shape index (κ3) is 5.58. The van der Waals surface area contributed by atoms with Crippen LogP contribution in [0.2, 0.25) is 0 Å². The second-order valence-electron chi connectivity index (χ2n) is 4.78. The number of aromatic nitrogens is 1. The zero-order chi connectivity index (χ0) is 12.9. The van der Waals surface area contributed by atoms with E-state index in [0.717, 1.165) is 10.6 Å². The average molecular weight is 252 g/mol. The van der Waals surface area contributed by atoms with Gasteiger partial charge >= 0.3 is 0 Å². The number of pyridine rings is 1. The Morgan fingerprint density at radius 1 is 1.53 bits per heavy atom. The zero-order valence-corrected chi connectivity index (χ0v) is 11.6. The molecular weight excluding hydrogens is 232 g/mol. The fraction of sp³-hybridized carbons (Fsp3) is 0.500. The highest BCUT2D eigenvalue weighted by atomic mass is 32.2. The van der Waals surface area contributed by atoms with Crippen LogP contribution in [0.15, 0.2) is 28.3 Å². The van der Waals surface area contributed by atoms with Gasteiger partial charge in [0.2, 0.25) is 0 Å². The molecule has 0 bridgehead atoms. The van der Waals surface area contributed by atoms with Crippen LogP contribution in [0.5, 0.6) is 0 Å². The molecule has 0 aliphatic carbocycles. The maximum absolute atomic E-state index is 5.80. The van der Waals surface area contributed by atoms with Crippen LogP contribution in [-0.4, -0.2) is 22.7 Å². The first-order valence-electron chi connectivity index (χ1n) is 5.48. The molecule has 0 fully saturated rings. The van der Waals surface area contributed by atoms with Crippen LogP contribution < -0.4 is 11.1 Å². The van der Waals surface area contributed by atoms with Gasteiger partial charge in [-0.15, -0.1) is 11.8 Å². The standard InChI is InChI=1S/C12H20N4S/c1-12(2,3)16-11(13)15-8-9-5-6-14-10(7-9)17-4/h5-7H,8H2,1-4H3,(H3,13,15,16). The Balaban J connectivity index is 2.62. The van der Waals surface area contributed by atoms with Gasteiger partial charge in [-0.3, -0.25) is 0 Å². The van der Waals surface area contributed by atoms with Gasteiger partial charge in [0, 0.05) is 11.7 Å². The molecule has 1 heterocycles. The van der Waals surface area contributed by atoms with E-state index in [4.69, 9.17) is 5.73 Å². The molecule has 0 aromatic carbocycles. The van der Waals surface area contributed by atoms with Crippen LogP contribution in [0.25, 0.3) is 0 Å². The average Bonchev–Trinajstić information content (AvgIpc) is 2.24. The van der Waals surface area contributed by atoms with Gasteiger partial charge < -0.3 is 11.1 Å². The molecule has 5 heteroatoms. The van der Waals surface area contributed by atoms with Gasteiger partial charge in [0.25, 0.3) is 0 Å². The molecule has 3 N–H and O–H groups in total. The summed E-state index contributed by atoms with van der Waals surface area (Å²) >= 11 is 1.62. The van der Waals surface area contributed by atoms with Gasteiger partial charge in [-0.1, -0.05) is 0 Å². The van der Waals surface area contributed by atoms with E-state index in [1.807, 2.05) is 39.2 Å². The molecule has 0 amide bonds. The number of guanidine groups is 1. The first-order chi connectivity index (χ1) is 7.90. The predicted octanol–water partition coefficient (Wildman–Crippen LogP) is 2.01. The highest BCUT2D eigenvalue weighted by Crippen LogP contribution is 2.12. The van der Waals surface area contributed by atoms with Gasteiger partial charge in [-0.25, -0.2) is 9.98 Å². The van der Waals surface area contributed by atoms with Crippen molar-refractivity contribution < 1.29 is 0 Å². The monoisotopic (exact) mass is 252 g/mol. The van der Waals surface area contributed by atoms with E-state index < -0.39 is 0 Å². The van der Waals surface area contributed by atoms with E-state index in [0.29, 0.717) is 12.5 Å². The molecule has 1 aromatic rings. The summed E-state index contributed by atoms with van der Waals surface area (Å²) in [4.78, 5) is 8.51. The van der Waals surface area contributed by atoms with Crippen molar-refractivity contribution in [1.82, 2.24) is 10.3 Å². The Hall–Kier alpha value is -1.23. The van der Waals surface area contributed by atoms with Crippen LogP contribution in [0.4, 0.5) is 0 Å². The van der Waals surface area contributed by atoms with Crippen LogP contribution in [-0.2, 0) is 6.54 Å².